The van der Waals surface area contributed by atoms with E-state index in [1.807, 2.05) is 6.92 Å². The first kappa shape index (κ1) is 42.8. The number of carbonyl (C=O) groups is 7. The molecule has 0 heterocycles. The van der Waals surface area contributed by atoms with Gasteiger partial charge in [0.05, 0.1) is 6.61 Å². The zero-order valence-corrected chi connectivity index (χ0v) is 28.7. The molecule has 0 saturated heterocycles. The highest BCUT2D eigenvalue weighted by Crippen LogP contribution is 2.10. The normalized spacial score (nSPS) is 14.6. The largest absolute Gasteiger partial charge is 0.481 e. The van der Waals surface area contributed by atoms with E-state index < -0.39 is 84.7 Å². The summed E-state index contributed by atoms with van der Waals surface area (Å²) in [4.78, 5) is 87.6. The van der Waals surface area contributed by atoms with Crippen LogP contribution >= 0.6 is 12.6 Å². The maximum atomic E-state index is 13.6. The van der Waals surface area contributed by atoms with Gasteiger partial charge in [-0.1, -0.05) is 57.0 Å². The molecule has 5 amide bonds. The van der Waals surface area contributed by atoms with Gasteiger partial charge in [0.2, 0.25) is 29.5 Å². The molecule has 1 aromatic carbocycles. The summed E-state index contributed by atoms with van der Waals surface area (Å²) in [5.41, 5.74) is 6.18. The molecule has 1 rings (SSSR count). The number of hydrogen-bond donors (Lipinski definition) is 10. The molecule has 16 nitrogen and oxygen atoms in total. The van der Waals surface area contributed by atoms with Gasteiger partial charge in [-0.05, 0) is 30.7 Å². The Kier molecular flexibility index (Phi) is 20.3. The topological polar surface area (TPSA) is 266 Å². The van der Waals surface area contributed by atoms with E-state index in [0.717, 1.165) is 0 Å². The molecule has 0 aromatic heterocycles. The monoisotopic (exact) mass is 710 g/mol. The number of carboxylic acid groups (broad SMARTS) is 2. The maximum Gasteiger partial charge on any atom is 0.303 e. The molecule has 1 aromatic rings. The standard InChI is InChI=1S/C32H50N6O10S/c1-3-19(2)27(32(48)34-15-9-5-8-12-25(40)41)38-31(47)24(18-49)37-30(46)23(16-20-10-6-4-7-11-20)36-29(45)22(13-14-26(42)43)35-28(44)21(33)17-39/h4,6-7,10-11,19,21-24,27,39,49H,3,5,8-9,12-18,33H2,1-2H3,(H,34,48)(H,35,44)(H,36,45)(H,37,46)(H,38,47)(H,40,41)(H,42,43)/t19-,21-,22-,23-,24-,27-/m0/s1. The fourth-order valence-corrected chi connectivity index (χ4v) is 4.81. The zero-order valence-electron chi connectivity index (χ0n) is 27.9. The van der Waals surface area contributed by atoms with E-state index in [0.29, 0.717) is 31.2 Å². The molecule has 0 aliphatic heterocycles. The molecule has 0 aliphatic carbocycles. The summed E-state index contributed by atoms with van der Waals surface area (Å²) < 4.78 is 0. The Bertz CT molecular complexity index is 1250. The molecular formula is C32H50N6O10S. The van der Waals surface area contributed by atoms with E-state index in [9.17, 15) is 38.7 Å². The molecule has 0 fully saturated rings. The third kappa shape index (κ3) is 16.6. The molecule has 0 unspecified atom stereocenters. The fraction of sp³-hybridized carbons (Fsp3) is 0.594. The molecule has 274 valence electrons. The quantitative estimate of drug-likeness (QED) is 0.0464. The van der Waals surface area contributed by atoms with Gasteiger partial charge in [-0.3, -0.25) is 33.6 Å². The van der Waals surface area contributed by atoms with Crippen LogP contribution in [0, 0.1) is 5.92 Å². The second kappa shape index (κ2) is 23.2. The molecule has 10 N–H and O–H groups in total. The SMILES string of the molecule is CC[C@H](C)[C@H](NC(=O)[C@H](CS)NC(=O)[C@H](Cc1ccccc1)NC(=O)[C@H](CCC(=O)O)NC(=O)[C@@H](N)CO)C(=O)NCCCCCC(=O)O. The second-order valence-electron chi connectivity index (χ2n) is 11.6. The molecule has 49 heavy (non-hydrogen) atoms. The predicted octanol–water partition coefficient (Wildman–Crippen LogP) is -0.910. The first-order valence-electron chi connectivity index (χ1n) is 16.2. The van der Waals surface area contributed by atoms with Crippen LogP contribution in [0.5, 0.6) is 0 Å². The summed E-state index contributed by atoms with van der Waals surface area (Å²) in [5.74, 6) is -6.29. The average molecular weight is 711 g/mol. The van der Waals surface area contributed by atoms with E-state index >= 15 is 0 Å². The van der Waals surface area contributed by atoms with E-state index in [2.05, 4.69) is 39.2 Å². The fourth-order valence-electron chi connectivity index (χ4n) is 4.55. The average Bonchev–Trinajstić information content (AvgIpc) is 3.07. The Morgan fingerprint density at radius 2 is 1.33 bits per heavy atom. The third-order valence-electron chi connectivity index (χ3n) is 7.70. The van der Waals surface area contributed by atoms with Crippen molar-refractivity contribution in [2.75, 3.05) is 18.9 Å². The van der Waals surface area contributed by atoms with Crippen LogP contribution in [0.25, 0.3) is 0 Å². The van der Waals surface area contributed by atoms with E-state index in [-0.39, 0.29) is 37.5 Å². The lowest BCUT2D eigenvalue weighted by atomic mass is 9.97. The zero-order chi connectivity index (χ0) is 36.9. The van der Waals surface area contributed by atoms with Gasteiger partial charge in [-0.2, -0.15) is 12.6 Å². The Morgan fingerprint density at radius 1 is 0.755 bits per heavy atom. The van der Waals surface area contributed by atoms with Gasteiger partial charge in [-0.15, -0.1) is 0 Å². The van der Waals surface area contributed by atoms with E-state index in [4.69, 9.17) is 15.9 Å². The molecule has 0 aliphatic rings. The van der Waals surface area contributed by atoms with Crippen molar-refractivity contribution < 1.29 is 48.9 Å². The summed E-state index contributed by atoms with van der Waals surface area (Å²) >= 11 is 4.22. The molecule has 17 heteroatoms. The van der Waals surface area contributed by atoms with E-state index in [1.54, 1.807) is 37.3 Å². The number of aliphatic hydroxyl groups excluding tert-OH is 1. The van der Waals surface area contributed by atoms with Gasteiger partial charge in [0.1, 0.15) is 30.2 Å². The minimum absolute atomic E-state index is 0.0351. The number of aliphatic hydroxyl groups is 1. The first-order chi connectivity index (χ1) is 23.2. The first-order valence-corrected chi connectivity index (χ1v) is 16.8. The van der Waals surface area contributed by atoms with Crippen molar-refractivity contribution in [3.05, 3.63) is 35.9 Å². The number of rotatable bonds is 24. The van der Waals surface area contributed by atoms with Crippen LogP contribution in [-0.2, 0) is 40.0 Å². The minimum Gasteiger partial charge on any atom is -0.481 e. The Labute approximate surface area is 291 Å². The number of aliphatic carboxylic acids is 2. The van der Waals surface area contributed by atoms with E-state index in [1.165, 1.54) is 0 Å². The molecule has 0 radical (unpaired) electrons. The van der Waals surface area contributed by atoms with Gasteiger partial charge in [0, 0.05) is 31.6 Å². The highest BCUT2D eigenvalue weighted by atomic mass is 32.1. The number of nitrogens with one attached hydrogen (secondary N) is 5. The Hall–Kier alpha value is -4.22. The van der Waals surface area contributed by atoms with Crippen LogP contribution in [0.3, 0.4) is 0 Å². The third-order valence-corrected chi connectivity index (χ3v) is 8.07. The van der Waals surface area contributed by atoms with Crippen LogP contribution in [0.15, 0.2) is 30.3 Å². The minimum atomic E-state index is -1.41. The van der Waals surface area contributed by atoms with Crippen molar-refractivity contribution in [1.82, 2.24) is 26.6 Å². The highest BCUT2D eigenvalue weighted by Gasteiger charge is 2.33. The number of amides is 5. The molecule has 0 spiro atoms. The number of thiol groups is 1. The van der Waals surface area contributed by atoms with Crippen molar-refractivity contribution in [3.8, 4) is 0 Å². The predicted molar refractivity (Wildman–Crippen MR) is 182 cm³/mol. The van der Waals surface area contributed by atoms with Gasteiger partial charge < -0.3 is 47.6 Å². The number of nitrogens with two attached hydrogens (primary N) is 1. The Balaban J connectivity index is 3.11. The van der Waals surface area contributed by atoms with Crippen LogP contribution in [-0.4, -0.2) is 106 Å². The van der Waals surface area contributed by atoms with Gasteiger partial charge >= 0.3 is 11.9 Å². The van der Waals surface area contributed by atoms with Crippen molar-refractivity contribution in [1.29, 1.82) is 0 Å². The molecule has 0 bridgehead atoms. The van der Waals surface area contributed by atoms with Crippen LogP contribution < -0.4 is 32.3 Å². The number of hydrogen-bond acceptors (Lipinski definition) is 10. The van der Waals surface area contributed by atoms with Crippen molar-refractivity contribution in [3.63, 3.8) is 0 Å². The van der Waals surface area contributed by atoms with Crippen molar-refractivity contribution in [2.45, 2.75) is 95.4 Å². The highest BCUT2D eigenvalue weighted by molar-refractivity contribution is 7.80. The number of benzene rings is 1. The summed E-state index contributed by atoms with van der Waals surface area (Å²) in [6.07, 6.45) is 1.33. The summed E-state index contributed by atoms with van der Waals surface area (Å²) in [6, 6.07) is 2.36. The summed E-state index contributed by atoms with van der Waals surface area (Å²) in [7, 11) is 0. The number of unbranched alkanes of at least 4 members (excludes halogenated alkanes) is 2. The lowest BCUT2D eigenvalue weighted by Crippen LogP contribution is -2.60. The van der Waals surface area contributed by atoms with Gasteiger partial charge in [0.15, 0.2) is 0 Å². The Morgan fingerprint density at radius 3 is 1.90 bits per heavy atom. The van der Waals surface area contributed by atoms with Crippen LogP contribution in [0.4, 0.5) is 0 Å². The van der Waals surface area contributed by atoms with Crippen LogP contribution in [0.2, 0.25) is 0 Å². The molecular weight excluding hydrogens is 660 g/mol. The summed E-state index contributed by atoms with van der Waals surface area (Å²) in [5, 5.41) is 40.0. The van der Waals surface area contributed by atoms with Gasteiger partial charge in [-0.25, -0.2) is 0 Å². The number of carbonyl (C=O) groups excluding carboxylic acids is 5. The molecule has 6 atom stereocenters. The maximum absolute atomic E-state index is 13.6. The second-order valence-corrected chi connectivity index (χ2v) is 12.0. The van der Waals surface area contributed by atoms with Crippen molar-refractivity contribution in [2.24, 2.45) is 11.7 Å². The lowest BCUT2D eigenvalue weighted by molar-refractivity contribution is -0.139. The van der Waals surface area contributed by atoms with Gasteiger partial charge in [0.25, 0.3) is 0 Å². The smallest absolute Gasteiger partial charge is 0.303 e. The van der Waals surface area contributed by atoms with Crippen molar-refractivity contribution >= 4 is 54.1 Å². The lowest BCUT2D eigenvalue weighted by Gasteiger charge is -2.28. The molecule has 0 saturated carbocycles. The summed E-state index contributed by atoms with van der Waals surface area (Å²) in [6.45, 7) is 3.19. The number of carboxylic acids is 2. The van der Waals surface area contributed by atoms with Crippen LogP contribution in [0.1, 0.15) is 64.4 Å².